The summed E-state index contributed by atoms with van der Waals surface area (Å²) in [6, 6.07) is 0. The zero-order chi connectivity index (χ0) is 9.64. The number of fused-ring (bicyclic) bond motifs is 1. The zero-order valence-electron chi connectivity index (χ0n) is 7.56. The first-order valence-corrected chi connectivity index (χ1v) is 6.19. The molecule has 0 aromatic carbocycles. The summed E-state index contributed by atoms with van der Waals surface area (Å²) >= 11 is 0. The van der Waals surface area contributed by atoms with E-state index in [-0.39, 0.29) is 17.1 Å². The summed E-state index contributed by atoms with van der Waals surface area (Å²) in [7, 11) is -2.88. The van der Waals surface area contributed by atoms with Crippen LogP contribution in [0.1, 0.15) is 13.3 Å². The minimum absolute atomic E-state index is 0.00963. The van der Waals surface area contributed by atoms with Gasteiger partial charge in [0, 0.05) is 20.0 Å². The van der Waals surface area contributed by atoms with Crippen molar-refractivity contribution in [3.05, 3.63) is 0 Å². The van der Waals surface area contributed by atoms with E-state index in [9.17, 15) is 13.2 Å². The van der Waals surface area contributed by atoms with Crippen LogP contribution in [0.15, 0.2) is 0 Å². The van der Waals surface area contributed by atoms with E-state index in [2.05, 4.69) is 0 Å². The first-order valence-electron chi connectivity index (χ1n) is 4.48. The lowest BCUT2D eigenvalue weighted by Crippen LogP contribution is -2.30. The molecular formula is C8H13NO3S. The number of hydrogen-bond acceptors (Lipinski definition) is 3. The van der Waals surface area contributed by atoms with E-state index in [0.717, 1.165) is 6.42 Å². The second-order valence-electron chi connectivity index (χ2n) is 3.88. The standard InChI is InChI=1S/C8H13NO3S/c1-6(10)9-4-7-2-3-13(11,12)8(7)5-9/h7-8H,2-5H2,1H3/t7-,8+/m0/s1. The lowest BCUT2D eigenvalue weighted by Gasteiger charge is -2.13. The molecule has 1 amide bonds. The number of rotatable bonds is 0. The molecule has 2 fully saturated rings. The van der Waals surface area contributed by atoms with Crippen molar-refractivity contribution < 1.29 is 13.2 Å². The molecule has 5 heteroatoms. The van der Waals surface area contributed by atoms with Crippen molar-refractivity contribution in [2.75, 3.05) is 18.8 Å². The quantitative estimate of drug-likeness (QED) is 0.541. The smallest absolute Gasteiger partial charge is 0.219 e. The summed E-state index contributed by atoms with van der Waals surface area (Å²) in [5.74, 6) is 0.507. The van der Waals surface area contributed by atoms with E-state index < -0.39 is 9.84 Å². The molecule has 0 aromatic heterocycles. The fourth-order valence-corrected chi connectivity index (χ4v) is 4.40. The van der Waals surface area contributed by atoms with Crippen molar-refractivity contribution in [3.8, 4) is 0 Å². The highest BCUT2D eigenvalue weighted by molar-refractivity contribution is 7.92. The van der Waals surface area contributed by atoms with Gasteiger partial charge in [-0.2, -0.15) is 0 Å². The van der Waals surface area contributed by atoms with Gasteiger partial charge in [-0.3, -0.25) is 4.79 Å². The predicted molar refractivity (Wildman–Crippen MR) is 47.9 cm³/mol. The molecule has 0 spiro atoms. The molecule has 0 aromatic rings. The van der Waals surface area contributed by atoms with Gasteiger partial charge in [-0.05, 0) is 12.3 Å². The third-order valence-corrected chi connectivity index (χ3v) is 5.32. The first-order chi connectivity index (χ1) is 6.00. The average molecular weight is 203 g/mol. The van der Waals surface area contributed by atoms with Crippen LogP contribution in [0.25, 0.3) is 0 Å². The van der Waals surface area contributed by atoms with Crippen LogP contribution >= 0.6 is 0 Å². The Bertz CT molecular complexity index is 335. The number of carbonyl (C=O) groups excluding carboxylic acids is 1. The van der Waals surface area contributed by atoms with Crippen LogP contribution in [0.2, 0.25) is 0 Å². The Balaban J connectivity index is 2.19. The van der Waals surface area contributed by atoms with Gasteiger partial charge >= 0.3 is 0 Å². The van der Waals surface area contributed by atoms with Gasteiger partial charge in [0.25, 0.3) is 0 Å². The summed E-state index contributed by atoms with van der Waals surface area (Å²) in [6.45, 7) is 2.55. The van der Waals surface area contributed by atoms with Crippen LogP contribution in [-0.2, 0) is 14.6 Å². The van der Waals surface area contributed by atoms with Crippen molar-refractivity contribution in [2.45, 2.75) is 18.6 Å². The summed E-state index contributed by atoms with van der Waals surface area (Å²) in [5, 5.41) is -0.267. The molecule has 2 aliphatic heterocycles. The molecular weight excluding hydrogens is 190 g/mol. The highest BCUT2D eigenvalue weighted by Gasteiger charge is 2.46. The molecule has 13 heavy (non-hydrogen) atoms. The summed E-state index contributed by atoms with van der Waals surface area (Å²) in [6.07, 6.45) is 0.733. The summed E-state index contributed by atoms with van der Waals surface area (Å²) < 4.78 is 22.9. The predicted octanol–water partition coefficient (Wildman–Crippen LogP) is -0.348. The molecule has 0 aliphatic carbocycles. The van der Waals surface area contributed by atoms with E-state index in [1.807, 2.05) is 0 Å². The molecule has 4 nitrogen and oxygen atoms in total. The maximum Gasteiger partial charge on any atom is 0.219 e. The van der Waals surface area contributed by atoms with Gasteiger partial charge in [-0.1, -0.05) is 0 Å². The van der Waals surface area contributed by atoms with Gasteiger partial charge in [0.05, 0.1) is 11.0 Å². The molecule has 0 radical (unpaired) electrons. The molecule has 2 saturated heterocycles. The fraction of sp³-hybridized carbons (Fsp3) is 0.875. The number of likely N-dealkylation sites (tertiary alicyclic amines) is 1. The monoisotopic (exact) mass is 203 g/mol. The Hall–Kier alpha value is -0.580. The van der Waals surface area contributed by atoms with E-state index >= 15 is 0 Å². The number of hydrogen-bond donors (Lipinski definition) is 0. The highest BCUT2D eigenvalue weighted by Crippen LogP contribution is 2.33. The van der Waals surface area contributed by atoms with Crippen LogP contribution in [-0.4, -0.2) is 43.3 Å². The Morgan fingerprint density at radius 3 is 2.62 bits per heavy atom. The second-order valence-corrected chi connectivity index (χ2v) is 6.22. The van der Waals surface area contributed by atoms with E-state index in [1.165, 1.54) is 6.92 Å². The number of carbonyl (C=O) groups is 1. The van der Waals surface area contributed by atoms with E-state index in [1.54, 1.807) is 4.90 Å². The van der Waals surface area contributed by atoms with Gasteiger partial charge in [-0.25, -0.2) is 8.42 Å². The minimum atomic E-state index is -2.88. The van der Waals surface area contributed by atoms with Crippen LogP contribution < -0.4 is 0 Å². The fourth-order valence-electron chi connectivity index (χ4n) is 2.25. The maximum atomic E-state index is 11.5. The van der Waals surface area contributed by atoms with Crippen LogP contribution in [0.4, 0.5) is 0 Å². The number of sulfone groups is 1. The molecule has 0 bridgehead atoms. The lowest BCUT2D eigenvalue weighted by molar-refractivity contribution is -0.127. The topological polar surface area (TPSA) is 54.5 Å². The largest absolute Gasteiger partial charge is 0.341 e. The molecule has 2 heterocycles. The molecule has 0 unspecified atom stereocenters. The molecule has 2 rings (SSSR count). The third kappa shape index (κ3) is 1.35. The van der Waals surface area contributed by atoms with Gasteiger partial charge in [0.1, 0.15) is 0 Å². The first kappa shape index (κ1) is 8.99. The number of amides is 1. The summed E-state index contributed by atoms with van der Waals surface area (Å²) in [4.78, 5) is 12.7. The average Bonchev–Trinajstić information content (AvgIpc) is 2.53. The molecule has 2 aliphatic rings. The van der Waals surface area contributed by atoms with E-state index in [0.29, 0.717) is 18.8 Å². The van der Waals surface area contributed by atoms with Crippen molar-refractivity contribution in [2.24, 2.45) is 5.92 Å². The molecule has 0 N–H and O–H groups in total. The van der Waals surface area contributed by atoms with Crippen molar-refractivity contribution >= 4 is 15.7 Å². The van der Waals surface area contributed by atoms with Crippen LogP contribution in [0.3, 0.4) is 0 Å². The minimum Gasteiger partial charge on any atom is -0.341 e. The SMILES string of the molecule is CC(=O)N1C[C@@H]2CCS(=O)(=O)[C@@H]2C1. The van der Waals surface area contributed by atoms with Gasteiger partial charge in [0.2, 0.25) is 5.91 Å². The molecule has 2 atom stereocenters. The second kappa shape index (κ2) is 2.70. The summed E-state index contributed by atoms with van der Waals surface area (Å²) in [5.41, 5.74) is 0. The number of nitrogens with zero attached hydrogens (tertiary/aromatic N) is 1. The van der Waals surface area contributed by atoms with Gasteiger partial charge in [0.15, 0.2) is 9.84 Å². The normalized spacial score (nSPS) is 36.2. The lowest BCUT2D eigenvalue weighted by atomic mass is 10.1. The van der Waals surface area contributed by atoms with Crippen LogP contribution in [0.5, 0.6) is 0 Å². The molecule has 0 saturated carbocycles. The molecule has 74 valence electrons. The Labute approximate surface area is 77.8 Å². The van der Waals surface area contributed by atoms with Crippen molar-refractivity contribution in [1.82, 2.24) is 4.90 Å². The van der Waals surface area contributed by atoms with Gasteiger partial charge < -0.3 is 4.90 Å². The highest BCUT2D eigenvalue weighted by atomic mass is 32.2. The van der Waals surface area contributed by atoms with Crippen molar-refractivity contribution in [3.63, 3.8) is 0 Å². The van der Waals surface area contributed by atoms with E-state index in [4.69, 9.17) is 0 Å². The van der Waals surface area contributed by atoms with Crippen LogP contribution in [0, 0.1) is 5.92 Å². The van der Waals surface area contributed by atoms with Crippen molar-refractivity contribution in [1.29, 1.82) is 0 Å². The maximum absolute atomic E-state index is 11.5. The Morgan fingerprint density at radius 2 is 2.08 bits per heavy atom. The third-order valence-electron chi connectivity index (χ3n) is 3.06. The Morgan fingerprint density at radius 1 is 1.38 bits per heavy atom. The Kier molecular flexibility index (Phi) is 1.87. The zero-order valence-corrected chi connectivity index (χ0v) is 8.38. The van der Waals surface area contributed by atoms with Gasteiger partial charge in [-0.15, -0.1) is 0 Å².